The number of nitrogens with one attached hydrogen (secondary N) is 2. The predicted octanol–water partition coefficient (Wildman–Crippen LogP) is 9.76. The summed E-state index contributed by atoms with van der Waals surface area (Å²) in [5.41, 5.74) is -18.7. The van der Waals surface area contributed by atoms with Gasteiger partial charge in [0.25, 0.3) is 0 Å². The molecule has 4 aromatic rings. The van der Waals surface area contributed by atoms with E-state index >= 15 is 19.2 Å². The van der Waals surface area contributed by atoms with Gasteiger partial charge in [-0.05, 0) is 140 Å². The molecule has 6 aliphatic carbocycles. The van der Waals surface area contributed by atoms with Gasteiger partial charge in [-0.3, -0.25) is 28.8 Å². The zero-order valence-corrected chi connectivity index (χ0v) is 75.2. The number of carbonyl (C=O) groups excluding carboxylic acids is 12. The van der Waals surface area contributed by atoms with Crippen LogP contribution in [0.5, 0.6) is 0 Å². The number of aliphatic hydroxyl groups is 6. The van der Waals surface area contributed by atoms with Gasteiger partial charge in [-0.25, -0.2) is 28.8 Å². The fourth-order valence-corrected chi connectivity index (χ4v) is 21.0. The minimum absolute atomic E-state index is 0.00198. The van der Waals surface area contributed by atoms with E-state index in [0.29, 0.717) is 25.7 Å². The minimum atomic E-state index is -2.54. The van der Waals surface area contributed by atoms with E-state index in [-0.39, 0.29) is 96.3 Å². The molecule has 12 rings (SSSR count). The lowest BCUT2D eigenvalue weighted by Crippen LogP contribution is -2.81. The topological polar surface area (TPSA) is 461 Å². The first kappa shape index (κ1) is 96.8. The van der Waals surface area contributed by atoms with E-state index in [2.05, 4.69) is 10.6 Å². The summed E-state index contributed by atoms with van der Waals surface area (Å²) in [4.78, 5) is 175. The Balaban J connectivity index is 0.778. The van der Waals surface area contributed by atoms with Crippen molar-refractivity contribution in [1.82, 2.24) is 10.6 Å². The van der Waals surface area contributed by atoms with Crippen LogP contribution in [0, 0.1) is 33.5 Å². The van der Waals surface area contributed by atoms with Crippen molar-refractivity contribution in [3.05, 3.63) is 166 Å². The molecule has 8 aliphatic rings. The lowest BCUT2D eigenvalue weighted by Gasteiger charge is -2.67. The van der Waals surface area contributed by atoms with E-state index in [9.17, 15) is 69.0 Å². The average molecular weight is 1780 g/mol. The van der Waals surface area contributed by atoms with Crippen LogP contribution in [-0.4, -0.2) is 222 Å². The smallest absolute Gasteiger partial charge is 0.408 e. The number of ketones is 2. The fraction of sp³-hybridized carbons (Fsp3) is 0.583. The second kappa shape index (κ2) is 36.9. The summed E-state index contributed by atoms with van der Waals surface area (Å²) < 4.78 is 73.7. The number of esters is 8. The number of aliphatic hydroxyl groups excluding tert-OH is 4. The standard InChI is InChI=1S/C96H120N2O30/c1-51-59(47-95(115)79(123-81(109)57-39-29-23-30-40-57)75-91(15,77(107)71(105)67(51)89(95,11)12)61(101)45-63-93(75,49-117-63)125-53(3)99)119-83(111)73(69(55-35-25-21-26-36-55)97-85(113)127-87(5,6)7)121-65(103)43-33-19-17-18-20-34-44-66(104)122-74(70(56-37-27-22-28-38-56)98-86(114)128-88(8,9)10)84(112)120-60-48-96(116)80(124-82(110)58-41-31-24-32-42-58)76-92(16,78(108)72(106)68(52(60)2)90(96,13)14)62(102)46-64-94(76,50-118-64)126-54(4)100/h21-32,35-42,59-64,69-76,79-80,101-102,105-106,115-116H,17-20,33-34,43-50H2,1-16H3,(H,97,113)(H,98,114)/t59-,60-,61-,62-,63+,64+,69-,70-,71+,72+,73+,74+,75-,76-,79-,80-,91+,92+,93-,94-,95+,96+/m0/s1. The molecule has 22 atom stereocenters. The van der Waals surface area contributed by atoms with Crippen molar-refractivity contribution in [1.29, 1.82) is 0 Å². The van der Waals surface area contributed by atoms with Gasteiger partial charge in [-0.2, -0.15) is 0 Å². The van der Waals surface area contributed by atoms with E-state index in [1.165, 1.54) is 79.7 Å². The predicted molar refractivity (Wildman–Crippen MR) is 452 cm³/mol. The molecular formula is C96H120N2O30. The summed E-state index contributed by atoms with van der Waals surface area (Å²) in [6.45, 7) is 22.7. The molecule has 4 saturated carbocycles. The van der Waals surface area contributed by atoms with Gasteiger partial charge in [-0.15, -0.1) is 0 Å². The zero-order valence-electron chi connectivity index (χ0n) is 75.2. The van der Waals surface area contributed by atoms with Crippen LogP contribution < -0.4 is 10.6 Å². The highest BCUT2D eigenvalue weighted by atomic mass is 16.7. The number of amides is 2. The first-order valence-corrected chi connectivity index (χ1v) is 43.6. The maximum Gasteiger partial charge on any atom is 0.408 e. The third kappa shape index (κ3) is 18.3. The molecule has 0 aromatic heterocycles. The Morgan fingerprint density at radius 2 is 0.773 bits per heavy atom. The fourth-order valence-electron chi connectivity index (χ4n) is 21.0. The number of hydrogen-bond donors (Lipinski definition) is 8. The number of hydrogen-bond acceptors (Lipinski definition) is 30. The second-order valence-corrected chi connectivity index (χ2v) is 38.7. The van der Waals surface area contributed by atoms with Gasteiger partial charge in [0.05, 0.1) is 59.2 Å². The average Bonchev–Trinajstić information content (AvgIpc) is 0.672. The van der Waals surface area contributed by atoms with Gasteiger partial charge in [0.1, 0.15) is 83.3 Å². The number of benzene rings is 4. The van der Waals surface area contributed by atoms with E-state index in [1.807, 2.05) is 0 Å². The van der Waals surface area contributed by atoms with E-state index in [0.717, 1.165) is 13.8 Å². The Morgan fingerprint density at radius 1 is 0.461 bits per heavy atom. The highest BCUT2D eigenvalue weighted by Crippen LogP contribution is 2.67. The molecule has 0 radical (unpaired) electrons. The lowest BCUT2D eigenvalue weighted by molar-refractivity contribution is -0.346. The largest absolute Gasteiger partial charge is 0.455 e. The van der Waals surface area contributed by atoms with E-state index in [4.69, 9.17) is 56.8 Å². The maximum absolute atomic E-state index is 15.6. The van der Waals surface area contributed by atoms with Gasteiger partial charge < -0.3 is 98.1 Å². The molecule has 8 N–H and O–H groups in total. The van der Waals surface area contributed by atoms with E-state index < -0.39 is 237 Å². The number of unbranched alkanes of at least 4 members (excludes halogenated alkanes) is 5. The van der Waals surface area contributed by atoms with Gasteiger partial charge in [0.15, 0.2) is 22.8 Å². The third-order valence-electron chi connectivity index (χ3n) is 27.6. The molecule has 2 aliphatic heterocycles. The van der Waals surface area contributed by atoms with Crippen molar-refractivity contribution in [2.75, 3.05) is 13.2 Å². The van der Waals surface area contributed by atoms with Gasteiger partial charge in [0, 0.05) is 63.2 Å². The normalized spacial score (nSPS) is 31.7. The Bertz CT molecular complexity index is 4640. The Kier molecular flexibility index (Phi) is 27.9. The Labute approximate surface area is 743 Å². The summed E-state index contributed by atoms with van der Waals surface area (Å²) in [6, 6.07) is 28.2. The molecule has 694 valence electrons. The lowest BCUT2D eigenvalue weighted by atomic mass is 9.44. The van der Waals surface area contributed by atoms with Gasteiger partial charge in [-0.1, -0.05) is 150 Å². The van der Waals surface area contributed by atoms with Crippen LogP contribution in [0.1, 0.15) is 232 Å². The highest BCUT2D eigenvalue weighted by molar-refractivity contribution is 5.96. The number of fused-ring (bicyclic) bond motifs is 10. The number of alkyl carbamates (subject to hydrolysis) is 2. The summed E-state index contributed by atoms with van der Waals surface area (Å²) in [6.07, 6.45) is -23.9. The Hall–Kier alpha value is -10.3. The number of ether oxygens (including phenoxy) is 12. The molecule has 6 fully saturated rings. The van der Waals surface area contributed by atoms with Crippen LogP contribution in [0.25, 0.3) is 0 Å². The van der Waals surface area contributed by atoms with Gasteiger partial charge >= 0.3 is 59.9 Å². The van der Waals surface area contributed by atoms with Crippen molar-refractivity contribution in [2.24, 2.45) is 33.5 Å². The van der Waals surface area contributed by atoms with Crippen molar-refractivity contribution < 1.29 is 145 Å². The van der Waals surface area contributed by atoms with Crippen LogP contribution >= 0.6 is 0 Å². The summed E-state index contributed by atoms with van der Waals surface area (Å²) in [7, 11) is 0. The molecule has 2 saturated heterocycles. The number of rotatable bonds is 27. The summed E-state index contributed by atoms with van der Waals surface area (Å²) in [5.74, 6) is -13.5. The van der Waals surface area contributed by atoms with Crippen LogP contribution in [0.4, 0.5) is 9.59 Å². The third-order valence-corrected chi connectivity index (χ3v) is 27.6. The first-order valence-electron chi connectivity index (χ1n) is 43.6. The molecule has 4 aromatic carbocycles. The highest BCUT2D eigenvalue weighted by Gasteiger charge is 2.80. The van der Waals surface area contributed by atoms with Crippen LogP contribution in [0.3, 0.4) is 0 Å². The number of Topliss-reactive ketones (excluding diaryl/α,β-unsaturated/α-hetero) is 2. The molecule has 0 unspecified atom stereocenters. The molecule has 2 amide bonds. The Morgan fingerprint density at radius 3 is 1.07 bits per heavy atom. The monoisotopic (exact) mass is 1780 g/mol. The molecule has 4 bridgehead atoms. The van der Waals surface area contributed by atoms with Gasteiger partial charge in [0.2, 0.25) is 12.2 Å². The quantitative estimate of drug-likeness (QED) is 0.0119. The molecule has 32 heteroatoms. The molecular weight excluding hydrogens is 1660 g/mol. The van der Waals surface area contributed by atoms with Crippen LogP contribution in [-0.2, 0) is 95.2 Å². The van der Waals surface area contributed by atoms with Crippen molar-refractivity contribution >= 4 is 71.5 Å². The second-order valence-electron chi connectivity index (χ2n) is 38.7. The van der Waals surface area contributed by atoms with Crippen molar-refractivity contribution in [2.45, 2.75) is 307 Å². The maximum atomic E-state index is 15.6. The molecule has 128 heavy (non-hydrogen) atoms. The van der Waals surface area contributed by atoms with Crippen molar-refractivity contribution in [3.8, 4) is 0 Å². The molecule has 2 heterocycles. The van der Waals surface area contributed by atoms with Crippen LogP contribution in [0.15, 0.2) is 144 Å². The van der Waals surface area contributed by atoms with Crippen LogP contribution in [0.2, 0.25) is 0 Å². The summed E-state index contributed by atoms with van der Waals surface area (Å²) >= 11 is 0. The SMILES string of the molecule is CC(=O)O[C@@]12CO[C@@H]1C[C@H](O)[C@@]1(C)C(=O)[C@H](O)C3=C(C)[C@@H](OC(=O)[C@H](OC(=O)CCCCCCCCC(=O)O[C@@H](C(=O)O[C@H]4C[C@@]5(O)[C@@H](OC(=O)c6ccccc6)[C@@H]6[C@]7(OC(C)=O)CO[C@@H]7C[C@H](O)[C@@]6(C)C(=O)[C@H](O)C(=C4C)C5(C)C)[C@@H](NC(=O)OC(C)(C)C)c4ccccc4)[C@@H](NC(=O)OC(C)(C)C)c4ccccc4)C[C@@](O)([C@@H](OC(=O)c4ccccc4)[C@H]21)C3(C)C. The molecule has 0 spiro atoms. The number of carbonyl (C=O) groups is 12. The summed E-state index contributed by atoms with van der Waals surface area (Å²) in [5, 5.41) is 83.4. The van der Waals surface area contributed by atoms with E-state index in [1.54, 1.807) is 139 Å². The minimum Gasteiger partial charge on any atom is -0.455 e. The van der Waals surface area contributed by atoms with Crippen molar-refractivity contribution in [3.63, 3.8) is 0 Å². The first-order chi connectivity index (χ1) is 59.9. The molecule has 32 nitrogen and oxygen atoms in total. The zero-order chi connectivity index (χ0) is 93.7.